The number of anilines is 1. The van der Waals surface area contributed by atoms with Crippen molar-refractivity contribution in [2.24, 2.45) is 11.3 Å². The molecule has 11 heteroatoms. The van der Waals surface area contributed by atoms with Crippen LogP contribution in [0, 0.1) is 18.3 Å². The SMILES string of the molecule is Cc1nc(N)c2ncn([C@H]3[C@H](O)[C@H](O)[C@]4(CCP(=O)(OC(C)C)OC(C)C)C[C@H]34)c2n1. The third-order valence-electron chi connectivity index (χ3n) is 6.33. The van der Waals surface area contributed by atoms with Crippen LogP contribution in [0.4, 0.5) is 5.82 Å². The van der Waals surface area contributed by atoms with Crippen LogP contribution in [0.3, 0.4) is 0 Å². The predicted molar refractivity (Wildman–Crippen MR) is 116 cm³/mol. The zero-order valence-electron chi connectivity index (χ0n) is 18.6. The summed E-state index contributed by atoms with van der Waals surface area (Å²) in [6.45, 7) is 9.02. The van der Waals surface area contributed by atoms with Crippen LogP contribution in [0.15, 0.2) is 6.33 Å². The second-order valence-electron chi connectivity index (χ2n) is 9.34. The lowest BCUT2D eigenvalue weighted by Crippen LogP contribution is -2.34. The molecule has 2 aliphatic rings. The molecule has 0 aliphatic heterocycles. The van der Waals surface area contributed by atoms with Crippen molar-refractivity contribution >= 4 is 24.6 Å². The van der Waals surface area contributed by atoms with Gasteiger partial charge in [-0.2, -0.15) is 0 Å². The molecule has 2 aromatic heterocycles. The summed E-state index contributed by atoms with van der Waals surface area (Å²) < 4.78 is 26.4. The summed E-state index contributed by atoms with van der Waals surface area (Å²) in [6, 6.07) is -0.398. The molecule has 2 heterocycles. The van der Waals surface area contributed by atoms with Crippen molar-refractivity contribution in [3.05, 3.63) is 12.2 Å². The third kappa shape index (κ3) is 3.89. The van der Waals surface area contributed by atoms with Gasteiger partial charge < -0.3 is 29.6 Å². The van der Waals surface area contributed by atoms with E-state index in [4.69, 9.17) is 14.8 Å². The van der Waals surface area contributed by atoms with Gasteiger partial charge in [-0.3, -0.25) is 4.57 Å². The van der Waals surface area contributed by atoms with Crippen molar-refractivity contribution in [3.8, 4) is 0 Å². The van der Waals surface area contributed by atoms with E-state index < -0.39 is 31.3 Å². The molecule has 4 N–H and O–H groups in total. The fraction of sp³-hybridized carbons (Fsp3) is 0.750. The van der Waals surface area contributed by atoms with Crippen LogP contribution in [0.2, 0.25) is 0 Å². The van der Waals surface area contributed by atoms with Crippen molar-refractivity contribution < 1.29 is 23.8 Å². The van der Waals surface area contributed by atoms with E-state index >= 15 is 0 Å². The van der Waals surface area contributed by atoms with E-state index in [1.54, 1.807) is 17.8 Å². The highest BCUT2D eigenvalue weighted by Gasteiger charge is 2.71. The number of hydrogen-bond acceptors (Lipinski definition) is 9. The van der Waals surface area contributed by atoms with Crippen LogP contribution in [0.1, 0.15) is 52.4 Å². The molecule has 2 aromatic rings. The van der Waals surface area contributed by atoms with E-state index in [2.05, 4.69) is 15.0 Å². The zero-order chi connectivity index (χ0) is 22.7. The highest BCUT2D eigenvalue weighted by atomic mass is 31.2. The van der Waals surface area contributed by atoms with E-state index in [0.29, 0.717) is 29.8 Å². The van der Waals surface area contributed by atoms with E-state index in [0.717, 1.165) is 0 Å². The Labute approximate surface area is 181 Å². The van der Waals surface area contributed by atoms with Crippen molar-refractivity contribution in [3.63, 3.8) is 0 Å². The molecule has 172 valence electrons. The number of nitrogens with two attached hydrogens (primary N) is 1. The van der Waals surface area contributed by atoms with Gasteiger partial charge in [-0.05, 0) is 53.4 Å². The van der Waals surface area contributed by atoms with Gasteiger partial charge in [0.05, 0.1) is 36.8 Å². The smallest absolute Gasteiger partial charge is 0.331 e. The number of rotatable bonds is 8. The van der Waals surface area contributed by atoms with Gasteiger partial charge in [0, 0.05) is 5.41 Å². The molecule has 10 nitrogen and oxygen atoms in total. The van der Waals surface area contributed by atoms with Crippen molar-refractivity contribution in [1.29, 1.82) is 0 Å². The second-order valence-corrected chi connectivity index (χ2v) is 11.4. The molecular formula is C20H32N5O5P. The van der Waals surface area contributed by atoms with Crippen LogP contribution < -0.4 is 5.73 Å². The summed E-state index contributed by atoms with van der Waals surface area (Å²) in [5.74, 6) is 0.798. The summed E-state index contributed by atoms with van der Waals surface area (Å²) in [4.78, 5) is 12.9. The molecule has 2 aliphatic carbocycles. The fourth-order valence-electron chi connectivity index (χ4n) is 5.10. The lowest BCUT2D eigenvalue weighted by atomic mass is 9.96. The number of hydrogen-bond donors (Lipinski definition) is 3. The maximum absolute atomic E-state index is 13.3. The van der Waals surface area contributed by atoms with Gasteiger partial charge in [0.1, 0.15) is 17.4 Å². The molecule has 4 rings (SSSR count). The predicted octanol–water partition coefficient (Wildman–Crippen LogP) is 2.43. The molecule has 0 unspecified atom stereocenters. The van der Waals surface area contributed by atoms with Gasteiger partial charge in [-0.15, -0.1) is 0 Å². The Bertz CT molecular complexity index is 1010. The molecule has 0 radical (unpaired) electrons. The normalized spacial score (nSPS) is 30.5. The fourth-order valence-corrected chi connectivity index (χ4v) is 7.33. The van der Waals surface area contributed by atoms with Crippen molar-refractivity contribution in [2.75, 3.05) is 11.9 Å². The Morgan fingerprint density at radius 1 is 1.26 bits per heavy atom. The number of aromatic nitrogens is 4. The average Bonchev–Trinajstić information content (AvgIpc) is 3.15. The summed E-state index contributed by atoms with van der Waals surface area (Å²) in [6.07, 6.45) is 0.499. The molecular weight excluding hydrogens is 421 g/mol. The van der Waals surface area contributed by atoms with Gasteiger partial charge in [-0.25, -0.2) is 15.0 Å². The first-order chi connectivity index (χ1) is 14.5. The molecule has 2 fully saturated rings. The Morgan fingerprint density at radius 3 is 2.52 bits per heavy atom. The first-order valence-corrected chi connectivity index (χ1v) is 12.5. The highest BCUT2D eigenvalue weighted by Crippen LogP contribution is 2.71. The van der Waals surface area contributed by atoms with Crippen LogP contribution in [0.5, 0.6) is 0 Å². The summed E-state index contributed by atoms with van der Waals surface area (Å²) in [7, 11) is -3.33. The van der Waals surface area contributed by atoms with Gasteiger partial charge >= 0.3 is 7.60 Å². The number of fused-ring (bicyclic) bond motifs is 2. The molecule has 2 saturated carbocycles. The molecule has 31 heavy (non-hydrogen) atoms. The summed E-state index contributed by atoms with van der Waals surface area (Å²) in [5, 5.41) is 21.9. The van der Waals surface area contributed by atoms with E-state index in [1.807, 2.05) is 27.7 Å². The summed E-state index contributed by atoms with van der Waals surface area (Å²) in [5.41, 5.74) is 6.46. The Kier molecular flexibility index (Phi) is 5.67. The number of nitrogen functional groups attached to an aromatic ring is 1. The minimum absolute atomic E-state index is 0.00190. The minimum atomic E-state index is -3.33. The molecule has 0 spiro atoms. The number of aliphatic hydroxyl groups is 2. The second kappa shape index (κ2) is 7.78. The Balaban J connectivity index is 1.59. The number of aryl methyl sites for hydroxylation is 1. The summed E-state index contributed by atoms with van der Waals surface area (Å²) >= 11 is 0. The number of nitrogens with zero attached hydrogens (tertiary/aromatic N) is 4. The largest absolute Gasteiger partial charge is 0.390 e. The first kappa shape index (κ1) is 22.6. The molecule has 0 amide bonds. The maximum atomic E-state index is 13.3. The van der Waals surface area contributed by atoms with E-state index in [1.165, 1.54) is 0 Å². The van der Waals surface area contributed by atoms with Crippen LogP contribution in [-0.2, 0) is 13.6 Å². The topological polar surface area (TPSA) is 146 Å². The standard InChI is InChI=1S/C20H32N5O5P/c1-10(2)29-31(28,30-11(3)4)7-6-20-8-13(20)15(16(26)17(20)27)25-9-22-14-18(21)23-12(5)24-19(14)25/h9-11,13,15-17,26-27H,6-8H2,1-5H3,(H2,21,23,24)/t13-,15-,16+,17+,20-/m1/s1. The molecule has 0 bridgehead atoms. The lowest BCUT2D eigenvalue weighted by Gasteiger charge is -2.27. The average molecular weight is 453 g/mol. The van der Waals surface area contributed by atoms with Gasteiger partial charge in [0.2, 0.25) is 0 Å². The zero-order valence-corrected chi connectivity index (χ0v) is 19.5. The first-order valence-electron chi connectivity index (χ1n) is 10.8. The third-order valence-corrected chi connectivity index (χ3v) is 8.59. The van der Waals surface area contributed by atoms with Gasteiger partial charge in [0.15, 0.2) is 11.5 Å². The van der Waals surface area contributed by atoms with E-state index in [9.17, 15) is 14.8 Å². The Morgan fingerprint density at radius 2 is 1.90 bits per heavy atom. The van der Waals surface area contributed by atoms with Crippen molar-refractivity contribution in [2.45, 2.75) is 77.9 Å². The molecule has 5 atom stereocenters. The molecule has 0 saturated heterocycles. The van der Waals surface area contributed by atoms with Gasteiger partial charge in [0.25, 0.3) is 0 Å². The van der Waals surface area contributed by atoms with Gasteiger partial charge in [-0.1, -0.05) is 0 Å². The highest BCUT2D eigenvalue weighted by molar-refractivity contribution is 7.53. The van der Waals surface area contributed by atoms with Crippen LogP contribution >= 0.6 is 7.60 Å². The lowest BCUT2D eigenvalue weighted by molar-refractivity contribution is -0.0185. The number of aliphatic hydroxyl groups excluding tert-OH is 2. The Hall–Kier alpha value is -1.58. The van der Waals surface area contributed by atoms with Crippen LogP contribution in [0.25, 0.3) is 11.2 Å². The van der Waals surface area contributed by atoms with Crippen LogP contribution in [-0.4, -0.2) is 60.3 Å². The monoisotopic (exact) mass is 453 g/mol. The van der Waals surface area contributed by atoms with E-state index in [-0.39, 0.29) is 30.1 Å². The quantitative estimate of drug-likeness (QED) is 0.513. The van der Waals surface area contributed by atoms with Crippen molar-refractivity contribution in [1.82, 2.24) is 19.5 Å². The maximum Gasteiger partial charge on any atom is 0.331 e. The minimum Gasteiger partial charge on any atom is -0.390 e. The number of imidazole rings is 1. The molecule has 0 aromatic carbocycles.